The Morgan fingerprint density at radius 2 is 1.68 bits per heavy atom. The predicted octanol–water partition coefficient (Wildman–Crippen LogP) is 9.65. The second kappa shape index (κ2) is 13.6. The number of nitrogens with zero attached hydrogens (tertiary/aromatic N) is 1. The smallest absolute Gasteiger partial charge is 0.321 e. The summed E-state index contributed by atoms with van der Waals surface area (Å²) in [4.78, 5) is 26.3. The summed E-state index contributed by atoms with van der Waals surface area (Å²) in [6.45, 7) is 22.2. The molecule has 1 aliphatic heterocycles. The molecule has 1 saturated heterocycles. The van der Waals surface area contributed by atoms with E-state index in [1.165, 1.54) is 62.5 Å². The Bertz CT molecular complexity index is 1520. The van der Waals surface area contributed by atoms with Gasteiger partial charge in [0.15, 0.2) is 0 Å². The first-order chi connectivity index (χ1) is 24.8. The van der Waals surface area contributed by atoms with Crippen LogP contribution in [0.15, 0.2) is 23.3 Å². The quantitative estimate of drug-likeness (QED) is 0.228. The number of alkyl halides is 1. The van der Waals surface area contributed by atoms with Crippen LogP contribution in [0.2, 0.25) is 0 Å². The van der Waals surface area contributed by atoms with Gasteiger partial charge in [0.1, 0.15) is 12.7 Å². The summed E-state index contributed by atoms with van der Waals surface area (Å²) < 4.78 is 14.0. The van der Waals surface area contributed by atoms with Crippen molar-refractivity contribution in [1.29, 1.82) is 0 Å². The molecule has 298 valence electrons. The second-order valence-electron chi connectivity index (χ2n) is 21.4. The number of fused-ring (bicyclic) bond motifs is 7. The third kappa shape index (κ3) is 6.05. The third-order valence-electron chi connectivity index (χ3n) is 18.2. The average Bonchev–Trinajstić information content (AvgIpc) is 3.49. The van der Waals surface area contributed by atoms with Crippen molar-refractivity contribution in [2.75, 3.05) is 37.8 Å². The standard InChI is InChI=1S/C45H71FN2O4S/c1-39(2,3)31-14-20-45(47-23-24-48-25-26-53-27-33(48)37(49)50)22-21-42(7)32(36(31)45)9-10-35-41(6)16-13-30(40(4,5)34(41)15-17-43(35,42)8)29-11-18-44(28-46,19-12-29)38(51)52/h11,13,31-36,47H,9-10,12,14-28H2,1-8H3,(H,49,50)(H,51,52)/t31-,32-,33?,34+,35-,36-,41+,42-,43-,44-,45+/m1/s1. The number of hydrogen-bond acceptors (Lipinski definition) is 5. The topological polar surface area (TPSA) is 89.9 Å². The highest BCUT2D eigenvalue weighted by Crippen LogP contribution is 2.77. The van der Waals surface area contributed by atoms with Crippen molar-refractivity contribution in [3.63, 3.8) is 0 Å². The number of allylic oxidation sites excluding steroid dienone is 4. The highest BCUT2D eigenvalue weighted by atomic mass is 32.2. The van der Waals surface area contributed by atoms with E-state index in [2.05, 4.69) is 77.8 Å². The van der Waals surface area contributed by atoms with Crippen LogP contribution in [0.3, 0.4) is 0 Å². The van der Waals surface area contributed by atoms with Gasteiger partial charge in [-0.3, -0.25) is 14.5 Å². The highest BCUT2D eigenvalue weighted by molar-refractivity contribution is 7.99. The molecule has 4 saturated carbocycles. The van der Waals surface area contributed by atoms with Gasteiger partial charge in [-0.05, 0) is 145 Å². The average molecular weight is 755 g/mol. The van der Waals surface area contributed by atoms with Gasteiger partial charge in [0.25, 0.3) is 0 Å². The third-order valence-corrected chi connectivity index (χ3v) is 19.2. The van der Waals surface area contributed by atoms with Crippen LogP contribution in [0, 0.1) is 62.1 Å². The van der Waals surface area contributed by atoms with Crippen molar-refractivity contribution in [3.05, 3.63) is 23.3 Å². The van der Waals surface area contributed by atoms with Gasteiger partial charge < -0.3 is 15.5 Å². The van der Waals surface area contributed by atoms with E-state index in [4.69, 9.17) is 0 Å². The Morgan fingerprint density at radius 3 is 2.32 bits per heavy atom. The molecule has 0 bridgehead atoms. The number of hydrogen-bond donors (Lipinski definition) is 3. The van der Waals surface area contributed by atoms with Gasteiger partial charge >= 0.3 is 11.9 Å². The lowest BCUT2D eigenvalue weighted by Crippen LogP contribution is -2.68. The molecule has 0 amide bonds. The summed E-state index contributed by atoms with van der Waals surface area (Å²) >= 11 is 1.77. The fraction of sp³-hybridized carbons (Fsp3) is 0.867. The van der Waals surface area contributed by atoms with Crippen LogP contribution in [0.4, 0.5) is 4.39 Å². The Labute approximate surface area is 324 Å². The normalized spacial score (nSPS) is 45.5. The van der Waals surface area contributed by atoms with Crippen LogP contribution in [0.1, 0.15) is 132 Å². The Balaban J connectivity index is 1.15. The van der Waals surface area contributed by atoms with Crippen LogP contribution in [-0.4, -0.2) is 76.4 Å². The van der Waals surface area contributed by atoms with Gasteiger partial charge in [0.2, 0.25) is 0 Å². The molecule has 0 aromatic heterocycles. The molecule has 7 rings (SSSR count). The lowest BCUT2D eigenvalue weighted by atomic mass is 9.32. The molecule has 7 aliphatic rings. The zero-order valence-electron chi connectivity index (χ0n) is 34.3. The SMILES string of the molecule is CC(C)(C)[C@@H]1CC[C@]2(NCCN3CCSCC3C(=O)O)CC[C@]3(C)[C@H](CC[C@@H]4[C@@]5(C)CC=C(C6=CC[C@@](CF)(C(=O)O)CC6)C(C)(C)[C@@H]5CC[C@]43C)[C@@H]12. The molecule has 53 heavy (non-hydrogen) atoms. The van der Waals surface area contributed by atoms with Crippen LogP contribution in [0.5, 0.6) is 0 Å². The Morgan fingerprint density at radius 1 is 0.925 bits per heavy atom. The lowest BCUT2D eigenvalue weighted by molar-refractivity contribution is -0.224. The molecule has 0 spiro atoms. The molecule has 6 aliphatic carbocycles. The minimum atomic E-state index is -1.26. The molecule has 1 unspecified atom stereocenters. The minimum absolute atomic E-state index is 0.0159. The molecule has 6 nitrogen and oxygen atoms in total. The van der Waals surface area contributed by atoms with Crippen molar-refractivity contribution in [1.82, 2.24) is 10.2 Å². The van der Waals surface area contributed by atoms with Crippen LogP contribution >= 0.6 is 11.8 Å². The number of thioether (sulfide) groups is 1. The number of halogens is 1. The van der Waals surface area contributed by atoms with Gasteiger partial charge in [-0.15, -0.1) is 0 Å². The van der Waals surface area contributed by atoms with Crippen molar-refractivity contribution < 1.29 is 24.2 Å². The molecule has 0 aromatic rings. The molecule has 11 atom stereocenters. The maximum absolute atomic E-state index is 14.0. The summed E-state index contributed by atoms with van der Waals surface area (Å²) in [5, 5.41) is 24.0. The fourth-order valence-corrected chi connectivity index (χ4v) is 16.2. The van der Waals surface area contributed by atoms with E-state index < -0.39 is 24.0 Å². The summed E-state index contributed by atoms with van der Waals surface area (Å²) in [5.41, 5.74) is 2.50. The fourth-order valence-electron chi connectivity index (χ4n) is 15.1. The first kappa shape index (κ1) is 39.8. The van der Waals surface area contributed by atoms with Gasteiger partial charge in [0.05, 0.1) is 5.41 Å². The molecule has 0 radical (unpaired) electrons. The summed E-state index contributed by atoms with van der Waals surface area (Å²) in [6.07, 6.45) is 17.1. The maximum Gasteiger partial charge on any atom is 0.321 e. The number of carboxylic acids is 2. The summed E-state index contributed by atoms with van der Waals surface area (Å²) in [5.74, 6) is 3.22. The van der Waals surface area contributed by atoms with E-state index in [9.17, 15) is 24.2 Å². The first-order valence-electron chi connectivity index (χ1n) is 21.3. The summed E-state index contributed by atoms with van der Waals surface area (Å²) in [6, 6.07) is -0.371. The monoisotopic (exact) mass is 755 g/mol. The number of carboxylic acid groups (broad SMARTS) is 2. The lowest BCUT2D eigenvalue weighted by Gasteiger charge is -2.72. The Hall–Kier alpha value is -1.38. The molecule has 1 heterocycles. The number of aliphatic carboxylic acids is 2. The molecule has 3 N–H and O–H groups in total. The van der Waals surface area contributed by atoms with Gasteiger partial charge in [-0.1, -0.05) is 67.5 Å². The predicted molar refractivity (Wildman–Crippen MR) is 214 cm³/mol. The van der Waals surface area contributed by atoms with E-state index in [0.717, 1.165) is 31.8 Å². The van der Waals surface area contributed by atoms with E-state index in [-0.39, 0.29) is 45.1 Å². The van der Waals surface area contributed by atoms with E-state index in [0.29, 0.717) is 48.2 Å². The summed E-state index contributed by atoms with van der Waals surface area (Å²) in [7, 11) is 0. The molecule has 5 fully saturated rings. The van der Waals surface area contributed by atoms with Crippen molar-refractivity contribution in [3.8, 4) is 0 Å². The van der Waals surface area contributed by atoms with E-state index in [1.807, 2.05) is 0 Å². The van der Waals surface area contributed by atoms with Gasteiger partial charge in [-0.25, -0.2) is 4.39 Å². The van der Waals surface area contributed by atoms with Gasteiger partial charge in [-0.2, -0.15) is 11.8 Å². The first-order valence-corrected chi connectivity index (χ1v) is 22.4. The minimum Gasteiger partial charge on any atom is -0.481 e. The zero-order valence-corrected chi connectivity index (χ0v) is 35.1. The second-order valence-corrected chi connectivity index (χ2v) is 22.6. The molecular formula is C45H71FN2O4S. The van der Waals surface area contributed by atoms with Crippen molar-refractivity contribution >= 4 is 23.7 Å². The van der Waals surface area contributed by atoms with E-state index in [1.54, 1.807) is 11.8 Å². The largest absolute Gasteiger partial charge is 0.481 e. The molecule has 8 heteroatoms. The van der Waals surface area contributed by atoms with Crippen LogP contribution in [-0.2, 0) is 9.59 Å². The zero-order chi connectivity index (χ0) is 38.4. The number of nitrogens with one attached hydrogen (secondary N) is 1. The number of carbonyl (C=O) groups is 2. The Kier molecular flexibility index (Phi) is 10.2. The maximum atomic E-state index is 14.0. The molecule has 0 aromatic carbocycles. The van der Waals surface area contributed by atoms with Gasteiger partial charge in [0, 0.05) is 36.7 Å². The molecular weight excluding hydrogens is 684 g/mol. The van der Waals surface area contributed by atoms with E-state index >= 15 is 0 Å². The highest BCUT2D eigenvalue weighted by Gasteiger charge is 2.71. The number of rotatable bonds is 8. The van der Waals surface area contributed by atoms with Crippen molar-refractivity contribution in [2.24, 2.45) is 62.1 Å². The van der Waals surface area contributed by atoms with Crippen LogP contribution < -0.4 is 5.32 Å². The van der Waals surface area contributed by atoms with Crippen molar-refractivity contribution in [2.45, 2.75) is 144 Å². The van der Waals surface area contributed by atoms with Crippen LogP contribution in [0.25, 0.3) is 0 Å².